The van der Waals surface area contributed by atoms with E-state index in [0.717, 1.165) is 27.6 Å². The zero-order valence-electron chi connectivity index (χ0n) is 14.4. The fourth-order valence-corrected chi connectivity index (χ4v) is 3.55. The first-order chi connectivity index (χ1) is 13.2. The predicted octanol–water partition coefficient (Wildman–Crippen LogP) is 3.93. The number of thiazole rings is 1. The Morgan fingerprint density at radius 1 is 1.15 bits per heavy atom. The highest BCUT2D eigenvalue weighted by Crippen LogP contribution is 2.32. The van der Waals surface area contributed by atoms with Gasteiger partial charge >= 0.3 is 0 Å². The number of nitrogens with one attached hydrogen (secondary N) is 1. The maximum absolute atomic E-state index is 13.0. The molecule has 1 aromatic heterocycles. The van der Waals surface area contributed by atoms with Gasteiger partial charge in [-0.25, -0.2) is 9.37 Å². The van der Waals surface area contributed by atoms with E-state index in [9.17, 15) is 9.18 Å². The highest BCUT2D eigenvalue weighted by atomic mass is 32.1. The number of amides is 1. The summed E-state index contributed by atoms with van der Waals surface area (Å²) in [5.74, 6) is 1.13. The molecule has 0 saturated heterocycles. The summed E-state index contributed by atoms with van der Waals surface area (Å²) >= 11 is 1.50. The molecular formula is C20H17FN2O3S. The Balaban J connectivity index is 1.27. The lowest BCUT2D eigenvalue weighted by atomic mass is 10.2. The Kier molecular flexibility index (Phi) is 5.02. The van der Waals surface area contributed by atoms with Crippen molar-refractivity contribution in [1.29, 1.82) is 0 Å². The van der Waals surface area contributed by atoms with Crippen LogP contribution in [0.25, 0.3) is 11.3 Å². The smallest absolute Gasteiger partial charge is 0.231 e. The van der Waals surface area contributed by atoms with Crippen molar-refractivity contribution >= 4 is 17.2 Å². The van der Waals surface area contributed by atoms with Gasteiger partial charge in [-0.15, -0.1) is 11.3 Å². The molecule has 0 saturated carbocycles. The van der Waals surface area contributed by atoms with Gasteiger partial charge in [-0.1, -0.05) is 6.07 Å². The molecule has 1 aliphatic rings. The van der Waals surface area contributed by atoms with Gasteiger partial charge in [-0.3, -0.25) is 4.79 Å². The van der Waals surface area contributed by atoms with E-state index in [1.54, 1.807) is 12.1 Å². The number of aryl methyl sites for hydroxylation is 1. The van der Waals surface area contributed by atoms with E-state index in [1.165, 1.54) is 23.5 Å². The zero-order valence-corrected chi connectivity index (χ0v) is 15.2. The van der Waals surface area contributed by atoms with E-state index >= 15 is 0 Å². The van der Waals surface area contributed by atoms with Crippen LogP contribution in [0.4, 0.5) is 4.39 Å². The third-order valence-corrected chi connectivity index (χ3v) is 5.09. The standard InChI is InChI=1S/C20H17FN2O3S/c21-15-4-2-14(3-5-15)16-11-27-20(23-16)8-7-19(24)22-10-13-1-6-17-18(9-13)26-12-25-17/h1-6,9,11H,7-8,10,12H2,(H,22,24). The second-order valence-electron chi connectivity index (χ2n) is 6.10. The predicted molar refractivity (Wildman–Crippen MR) is 100 cm³/mol. The second kappa shape index (κ2) is 7.75. The van der Waals surface area contributed by atoms with Crippen LogP contribution in [0.1, 0.15) is 17.0 Å². The molecule has 2 aromatic carbocycles. The Bertz CT molecular complexity index is 956. The molecule has 0 radical (unpaired) electrons. The summed E-state index contributed by atoms with van der Waals surface area (Å²) in [6, 6.07) is 11.9. The minimum atomic E-state index is -0.270. The Hall–Kier alpha value is -2.93. The van der Waals surface area contributed by atoms with Crippen LogP contribution < -0.4 is 14.8 Å². The maximum atomic E-state index is 13.0. The molecule has 1 amide bonds. The van der Waals surface area contributed by atoms with Gasteiger partial charge in [0.05, 0.1) is 10.7 Å². The maximum Gasteiger partial charge on any atom is 0.231 e. The summed E-state index contributed by atoms with van der Waals surface area (Å²) in [5, 5.41) is 5.71. The Morgan fingerprint density at radius 3 is 2.81 bits per heavy atom. The van der Waals surface area contributed by atoms with Crippen LogP contribution in [0.3, 0.4) is 0 Å². The van der Waals surface area contributed by atoms with Crippen molar-refractivity contribution in [2.75, 3.05) is 6.79 Å². The molecule has 0 unspecified atom stereocenters. The Labute approximate surface area is 159 Å². The fourth-order valence-electron chi connectivity index (χ4n) is 2.74. The summed E-state index contributed by atoms with van der Waals surface area (Å²) in [7, 11) is 0. The first kappa shape index (κ1) is 17.5. The number of carbonyl (C=O) groups is 1. The summed E-state index contributed by atoms with van der Waals surface area (Å²) in [6.45, 7) is 0.674. The molecule has 0 atom stereocenters. The molecule has 0 aliphatic carbocycles. The largest absolute Gasteiger partial charge is 0.454 e. The minimum Gasteiger partial charge on any atom is -0.454 e. The molecule has 0 bridgehead atoms. The van der Waals surface area contributed by atoms with Crippen LogP contribution in [0, 0.1) is 5.82 Å². The number of hydrogen-bond donors (Lipinski definition) is 1. The van der Waals surface area contributed by atoms with Crippen LogP contribution in [0.5, 0.6) is 11.5 Å². The molecule has 138 valence electrons. The number of carbonyl (C=O) groups excluding carboxylic acids is 1. The first-order valence-corrected chi connectivity index (χ1v) is 9.41. The highest BCUT2D eigenvalue weighted by molar-refractivity contribution is 7.09. The second-order valence-corrected chi connectivity index (χ2v) is 7.04. The summed E-state index contributed by atoms with van der Waals surface area (Å²) in [5.41, 5.74) is 2.63. The van der Waals surface area contributed by atoms with Gasteiger partial charge in [0.15, 0.2) is 11.5 Å². The van der Waals surface area contributed by atoms with Gasteiger partial charge < -0.3 is 14.8 Å². The number of benzene rings is 2. The van der Waals surface area contributed by atoms with Crippen LogP contribution in [-0.4, -0.2) is 17.7 Å². The van der Waals surface area contributed by atoms with Gasteiger partial charge in [0.2, 0.25) is 12.7 Å². The molecule has 3 aromatic rings. The number of nitrogens with zero attached hydrogens (tertiary/aromatic N) is 1. The zero-order chi connectivity index (χ0) is 18.6. The molecule has 27 heavy (non-hydrogen) atoms. The SMILES string of the molecule is O=C(CCc1nc(-c2ccc(F)cc2)cs1)NCc1ccc2c(c1)OCO2. The number of fused-ring (bicyclic) bond motifs is 1. The van der Waals surface area contributed by atoms with E-state index < -0.39 is 0 Å². The molecule has 2 heterocycles. The number of rotatable bonds is 6. The van der Waals surface area contributed by atoms with Gasteiger partial charge in [0.1, 0.15) is 5.82 Å². The summed E-state index contributed by atoms with van der Waals surface area (Å²) in [4.78, 5) is 16.6. The van der Waals surface area contributed by atoms with Crippen molar-refractivity contribution in [2.24, 2.45) is 0 Å². The van der Waals surface area contributed by atoms with Gasteiger partial charge in [0, 0.05) is 30.3 Å². The van der Waals surface area contributed by atoms with Crippen molar-refractivity contribution in [3.63, 3.8) is 0 Å². The number of ether oxygens (including phenoxy) is 2. The normalized spacial score (nSPS) is 12.2. The van der Waals surface area contributed by atoms with Crippen molar-refractivity contribution in [3.8, 4) is 22.8 Å². The molecule has 4 rings (SSSR count). The minimum absolute atomic E-state index is 0.0359. The van der Waals surface area contributed by atoms with Gasteiger partial charge in [-0.05, 0) is 42.0 Å². The molecule has 1 N–H and O–H groups in total. The average molecular weight is 384 g/mol. The van der Waals surface area contributed by atoms with Gasteiger partial charge in [-0.2, -0.15) is 0 Å². The third-order valence-electron chi connectivity index (χ3n) is 4.18. The molecule has 0 spiro atoms. The fraction of sp³-hybridized carbons (Fsp3) is 0.200. The quantitative estimate of drug-likeness (QED) is 0.700. The lowest BCUT2D eigenvalue weighted by molar-refractivity contribution is -0.121. The van der Waals surface area contributed by atoms with E-state index in [-0.39, 0.29) is 18.5 Å². The van der Waals surface area contributed by atoms with Crippen molar-refractivity contribution in [3.05, 3.63) is 64.2 Å². The van der Waals surface area contributed by atoms with E-state index in [0.29, 0.717) is 25.1 Å². The number of aromatic nitrogens is 1. The molecule has 0 fully saturated rings. The lowest BCUT2D eigenvalue weighted by Gasteiger charge is -2.05. The molecular weight excluding hydrogens is 367 g/mol. The number of halogens is 1. The van der Waals surface area contributed by atoms with Gasteiger partial charge in [0.25, 0.3) is 0 Å². The average Bonchev–Trinajstić information content (AvgIpc) is 3.34. The van der Waals surface area contributed by atoms with E-state index in [4.69, 9.17) is 9.47 Å². The van der Waals surface area contributed by atoms with Crippen molar-refractivity contribution < 1.29 is 18.7 Å². The highest BCUT2D eigenvalue weighted by Gasteiger charge is 2.13. The van der Waals surface area contributed by atoms with Crippen LogP contribution >= 0.6 is 11.3 Å². The monoisotopic (exact) mass is 384 g/mol. The molecule has 7 heteroatoms. The Morgan fingerprint density at radius 2 is 1.96 bits per heavy atom. The van der Waals surface area contributed by atoms with Crippen LogP contribution in [-0.2, 0) is 17.8 Å². The molecule has 5 nitrogen and oxygen atoms in total. The van der Waals surface area contributed by atoms with E-state index in [1.807, 2.05) is 23.6 Å². The van der Waals surface area contributed by atoms with Crippen molar-refractivity contribution in [2.45, 2.75) is 19.4 Å². The molecule has 1 aliphatic heterocycles. The van der Waals surface area contributed by atoms with Crippen molar-refractivity contribution in [1.82, 2.24) is 10.3 Å². The lowest BCUT2D eigenvalue weighted by Crippen LogP contribution is -2.22. The van der Waals surface area contributed by atoms with Crippen LogP contribution in [0.2, 0.25) is 0 Å². The summed E-state index contributed by atoms with van der Waals surface area (Å²) in [6.07, 6.45) is 0.930. The third kappa shape index (κ3) is 4.25. The summed E-state index contributed by atoms with van der Waals surface area (Å²) < 4.78 is 23.6. The first-order valence-electron chi connectivity index (χ1n) is 8.53. The number of hydrogen-bond acceptors (Lipinski definition) is 5. The topological polar surface area (TPSA) is 60.5 Å². The van der Waals surface area contributed by atoms with Crippen LogP contribution in [0.15, 0.2) is 47.8 Å². The van der Waals surface area contributed by atoms with E-state index in [2.05, 4.69) is 10.3 Å².